The van der Waals surface area contributed by atoms with Crippen LogP contribution in [0.2, 0.25) is 0 Å². The van der Waals surface area contributed by atoms with Gasteiger partial charge in [-0.25, -0.2) is 4.79 Å². The van der Waals surface area contributed by atoms with Gasteiger partial charge < -0.3 is 15.2 Å². The average Bonchev–Trinajstić information content (AvgIpc) is 2.45. The maximum atomic E-state index is 11.0. The zero-order chi connectivity index (χ0) is 15.4. The van der Waals surface area contributed by atoms with Crippen LogP contribution in [0.3, 0.4) is 0 Å². The fourth-order valence-electron chi connectivity index (χ4n) is 1.92. The van der Waals surface area contributed by atoms with Crippen LogP contribution in [0.4, 0.5) is 0 Å². The molecule has 0 fully saturated rings. The number of rotatable bonds is 5. The van der Waals surface area contributed by atoms with Gasteiger partial charge in [0.15, 0.2) is 6.04 Å². The van der Waals surface area contributed by atoms with E-state index in [2.05, 4.69) is 21.2 Å². The first-order valence-electron chi connectivity index (χ1n) is 6.29. The molecule has 0 heterocycles. The van der Waals surface area contributed by atoms with Crippen molar-refractivity contribution in [2.45, 2.75) is 13.0 Å². The summed E-state index contributed by atoms with van der Waals surface area (Å²) >= 11 is 3.46. The van der Waals surface area contributed by atoms with E-state index >= 15 is 0 Å². The van der Waals surface area contributed by atoms with Crippen LogP contribution in [0.5, 0.6) is 5.75 Å². The second-order valence-electron chi connectivity index (χ2n) is 4.50. The highest BCUT2D eigenvalue weighted by Gasteiger charge is 2.19. The van der Waals surface area contributed by atoms with Gasteiger partial charge in [-0.1, -0.05) is 30.3 Å². The minimum absolute atomic E-state index is 0.147. The Bertz CT molecular complexity index is 686. The molecule has 2 aromatic carbocycles. The van der Waals surface area contributed by atoms with Crippen molar-refractivity contribution < 1.29 is 19.4 Å². The Morgan fingerprint density at radius 3 is 2.67 bits per heavy atom. The summed E-state index contributed by atoms with van der Waals surface area (Å²) in [5, 5.41) is 13.4. The Labute approximate surface area is 130 Å². The summed E-state index contributed by atoms with van der Waals surface area (Å²) in [5.41, 5.74) is 0. The number of aliphatic carboxylic acids is 1. The number of ether oxygens (including phenoxy) is 1. The molecule has 0 bridgehead atoms. The number of carbonyl (C=O) groups excluding carboxylic acids is 1. The lowest BCUT2D eigenvalue weighted by Crippen LogP contribution is -2.43. The SMILES string of the molecule is CC(=O)NC(COc1ccc2ccccc2c1Br)C(=O)O. The number of halogens is 1. The van der Waals surface area contributed by atoms with Crippen molar-refractivity contribution in [2.75, 3.05) is 6.61 Å². The molecule has 0 saturated carbocycles. The van der Waals surface area contributed by atoms with Crippen molar-refractivity contribution in [3.05, 3.63) is 40.9 Å². The quantitative estimate of drug-likeness (QED) is 0.867. The Kier molecular flexibility index (Phi) is 4.80. The van der Waals surface area contributed by atoms with E-state index in [0.717, 1.165) is 15.2 Å². The van der Waals surface area contributed by atoms with Crippen LogP contribution in [0.25, 0.3) is 10.8 Å². The number of hydrogen-bond donors (Lipinski definition) is 2. The van der Waals surface area contributed by atoms with E-state index in [1.54, 1.807) is 6.07 Å². The standard InChI is InChI=1S/C15H14BrNO4/c1-9(18)17-12(15(19)20)8-21-13-7-6-10-4-2-3-5-11(10)14(13)16/h2-7,12H,8H2,1H3,(H,17,18)(H,19,20). The minimum atomic E-state index is -1.14. The normalized spacial score (nSPS) is 11.9. The molecule has 2 N–H and O–H groups in total. The molecule has 2 aromatic rings. The van der Waals surface area contributed by atoms with Gasteiger partial charge in [0.2, 0.25) is 5.91 Å². The van der Waals surface area contributed by atoms with E-state index in [1.807, 2.05) is 30.3 Å². The van der Waals surface area contributed by atoms with Crippen molar-refractivity contribution in [2.24, 2.45) is 0 Å². The van der Waals surface area contributed by atoms with Gasteiger partial charge in [0.05, 0.1) is 4.47 Å². The van der Waals surface area contributed by atoms with Crippen LogP contribution in [0.1, 0.15) is 6.92 Å². The first-order chi connectivity index (χ1) is 9.99. The lowest BCUT2D eigenvalue weighted by Gasteiger charge is -2.16. The maximum absolute atomic E-state index is 11.0. The molecule has 0 aliphatic heterocycles. The monoisotopic (exact) mass is 351 g/mol. The summed E-state index contributed by atoms with van der Waals surface area (Å²) in [5.74, 6) is -1.02. The summed E-state index contributed by atoms with van der Waals surface area (Å²) in [7, 11) is 0. The molecular weight excluding hydrogens is 338 g/mol. The topological polar surface area (TPSA) is 75.6 Å². The fraction of sp³-hybridized carbons (Fsp3) is 0.200. The first kappa shape index (κ1) is 15.3. The lowest BCUT2D eigenvalue weighted by molar-refractivity contribution is -0.142. The maximum Gasteiger partial charge on any atom is 0.329 e. The number of amides is 1. The number of carboxylic acids is 1. The number of fused-ring (bicyclic) bond motifs is 1. The summed E-state index contributed by atoms with van der Waals surface area (Å²) in [6.45, 7) is 1.12. The largest absolute Gasteiger partial charge is 0.490 e. The van der Waals surface area contributed by atoms with E-state index < -0.39 is 17.9 Å². The molecule has 6 heteroatoms. The zero-order valence-electron chi connectivity index (χ0n) is 11.3. The smallest absolute Gasteiger partial charge is 0.329 e. The number of nitrogens with one attached hydrogen (secondary N) is 1. The molecule has 21 heavy (non-hydrogen) atoms. The first-order valence-corrected chi connectivity index (χ1v) is 7.08. The molecule has 0 saturated heterocycles. The van der Waals surface area contributed by atoms with E-state index in [4.69, 9.17) is 9.84 Å². The van der Waals surface area contributed by atoms with Gasteiger partial charge in [0, 0.05) is 6.92 Å². The van der Waals surface area contributed by atoms with Crippen LogP contribution in [-0.2, 0) is 9.59 Å². The van der Waals surface area contributed by atoms with Gasteiger partial charge in [-0.3, -0.25) is 4.79 Å². The molecule has 5 nitrogen and oxygen atoms in total. The molecule has 1 atom stereocenters. The molecule has 0 spiro atoms. The average molecular weight is 352 g/mol. The lowest BCUT2D eigenvalue weighted by atomic mass is 10.1. The van der Waals surface area contributed by atoms with Crippen molar-refractivity contribution in [3.63, 3.8) is 0 Å². The second-order valence-corrected chi connectivity index (χ2v) is 5.29. The molecule has 0 aliphatic rings. The number of carbonyl (C=O) groups is 2. The van der Waals surface area contributed by atoms with Crippen molar-refractivity contribution in [1.82, 2.24) is 5.32 Å². The summed E-state index contributed by atoms with van der Waals surface area (Å²) in [6.07, 6.45) is 0. The van der Waals surface area contributed by atoms with Crippen molar-refractivity contribution in [1.29, 1.82) is 0 Å². The third-order valence-corrected chi connectivity index (χ3v) is 3.73. The summed E-state index contributed by atoms with van der Waals surface area (Å²) in [6, 6.07) is 10.3. The zero-order valence-corrected chi connectivity index (χ0v) is 12.9. The third kappa shape index (κ3) is 3.72. The Balaban J connectivity index is 2.17. The molecule has 1 amide bonds. The van der Waals surface area contributed by atoms with E-state index in [0.29, 0.717) is 5.75 Å². The van der Waals surface area contributed by atoms with Gasteiger partial charge in [-0.2, -0.15) is 0 Å². The number of hydrogen-bond acceptors (Lipinski definition) is 3. The van der Waals surface area contributed by atoms with E-state index in [9.17, 15) is 9.59 Å². The van der Waals surface area contributed by atoms with Crippen LogP contribution in [0, 0.1) is 0 Å². The van der Waals surface area contributed by atoms with Crippen LogP contribution in [-0.4, -0.2) is 29.6 Å². The molecule has 0 aromatic heterocycles. The molecule has 0 radical (unpaired) electrons. The van der Waals surface area contributed by atoms with Gasteiger partial charge >= 0.3 is 5.97 Å². The predicted octanol–water partition coefficient (Wildman–Crippen LogP) is 2.57. The summed E-state index contributed by atoms with van der Waals surface area (Å²) < 4.78 is 6.28. The molecule has 110 valence electrons. The Morgan fingerprint density at radius 1 is 1.29 bits per heavy atom. The van der Waals surface area contributed by atoms with Crippen LogP contribution >= 0.6 is 15.9 Å². The summed E-state index contributed by atoms with van der Waals surface area (Å²) in [4.78, 5) is 22.0. The van der Waals surface area contributed by atoms with Crippen molar-refractivity contribution in [3.8, 4) is 5.75 Å². The van der Waals surface area contributed by atoms with Gasteiger partial charge in [-0.15, -0.1) is 0 Å². The van der Waals surface area contributed by atoms with Crippen LogP contribution < -0.4 is 10.1 Å². The van der Waals surface area contributed by atoms with Gasteiger partial charge in [0.25, 0.3) is 0 Å². The highest BCUT2D eigenvalue weighted by Crippen LogP contribution is 2.33. The number of carboxylic acid groups (broad SMARTS) is 1. The Hall–Kier alpha value is -2.08. The third-order valence-electron chi connectivity index (χ3n) is 2.91. The molecule has 2 rings (SSSR count). The molecule has 0 aliphatic carbocycles. The molecule has 1 unspecified atom stereocenters. The predicted molar refractivity (Wildman–Crippen MR) is 82.4 cm³/mol. The van der Waals surface area contributed by atoms with Crippen LogP contribution in [0.15, 0.2) is 40.9 Å². The highest BCUT2D eigenvalue weighted by atomic mass is 79.9. The van der Waals surface area contributed by atoms with Gasteiger partial charge in [0.1, 0.15) is 12.4 Å². The number of benzene rings is 2. The second kappa shape index (κ2) is 6.58. The minimum Gasteiger partial charge on any atom is -0.490 e. The Morgan fingerprint density at radius 2 is 2.00 bits per heavy atom. The van der Waals surface area contributed by atoms with Gasteiger partial charge in [-0.05, 0) is 32.8 Å². The molecular formula is C15H14BrNO4. The van der Waals surface area contributed by atoms with E-state index in [-0.39, 0.29) is 6.61 Å². The van der Waals surface area contributed by atoms with E-state index in [1.165, 1.54) is 6.92 Å². The highest BCUT2D eigenvalue weighted by molar-refractivity contribution is 9.10. The fourth-order valence-corrected chi connectivity index (χ4v) is 2.53. The van der Waals surface area contributed by atoms with Crippen molar-refractivity contribution >= 4 is 38.6 Å².